The minimum atomic E-state index is 0.780. The first-order chi connectivity index (χ1) is 37.1. The molecule has 0 aliphatic rings. The quantitative estimate of drug-likeness (QED) is 0.108. The number of benzene rings is 12. The summed E-state index contributed by atoms with van der Waals surface area (Å²) >= 11 is 0. The molecule has 0 aliphatic carbocycles. The van der Waals surface area contributed by atoms with Crippen molar-refractivity contribution >= 4 is 66.7 Å². The third kappa shape index (κ3) is 8.27. The van der Waals surface area contributed by atoms with Crippen LogP contribution in [0.4, 0.5) is 34.1 Å². The summed E-state index contributed by atoms with van der Waals surface area (Å²) < 4.78 is 14.3. The normalized spacial score (nSPS) is 11.3. The summed E-state index contributed by atoms with van der Waals surface area (Å²) in [5.41, 5.74) is 18.6. The molecular weight excluding hydrogens is 915 g/mol. The SMILES string of the molecule is COc1cccc(N(c2cc(-c3ccccc3)cc(-c3ccccc3)c2)c2ccc3c4c2ccc2c(N(c5cccc(OC)c5)c5cc(-c6ccccc6)cc(-c6ccccc6)c5)ccc(c24)n3-c2ccccc2)c1. The second-order valence-electron chi connectivity index (χ2n) is 18.9. The first-order valence-electron chi connectivity index (χ1n) is 25.4. The predicted octanol–water partition coefficient (Wildman–Crippen LogP) is 19.0. The molecule has 0 N–H and O–H groups in total. The van der Waals surface area contributed by atoms with Gasteiger partial charge in [0, 0.05) is 62.1 Å². The first kappa shape index (κ1) is 45.1. The Kier molecular flexibility index (Phi) is 11.6. The van der Waals surface area contributed by atoms with Crippen molar-refractivity contribution in [1.82, 2.24) is 4.57 Å². The Labute approximate surface area is 437 Å². The molecule has 0 fully saturated rings. The molecule has 0 radical (unpaired) electrons. The van der Waals surface area contributed by atoms with Crippen LogP contribution in [0.2, 0.25) is 0 Å². The Balaban J connectivity index is 1.10. The standard InChI is InChI=1S/C70H51N3O2/c1-74-61-32-18-30-57(46-61)71(59-42-52(48-20-8-3-9-21-48)40-53(43-59)49-22-10-4-11-23-49)65-36-38-67-69-63(65)34-35-64-66(37-39-68(70(64)69)73(67)56-28-16-7-17-29-56)72(58-31-19-33-62(47-58)75-2)60-44-54(50-24-12-5-13-25-50)41-55(45-60)51-26-14-6-15-27-51/h3-47H,1-2H3. The highest BCUT2D eigenvalue weighted by Gasteiger charge is 2.27. The highest BCUT2D eigenvalue weighted by Crippen LogP contribution is 2.51. The van der Waals surface area contributed by atoms with Crippen molar-refractivity contribution < 1.29 is 9.47 Å². The van der Waals surface area contributed by atoms with Crippen LogP contribution < -0.4 is 19.3 Å². The van der Waals surface area contributed by atoms with E-state index in [-0.39, 0.29) is 0 Å². The molecule has 5 heteroatoms. The smallest absolute Gasteiger partial charge is 0.120 e. The Morgan fingerprint density at radius 2 is 0.627 bits per heavy atom. The average Bonchev–Trinajstić information content (AvgIpc) is 3.83. The Morgan fingerprint density at radius 3 is 0.973 bits per heavy atom. The molecule has 75 heavy (non-hydrogen) atoms. The third-order valence-corrected chi connectivity index (χ3v) is 14.4. The predicted molar refractivity (Wildman–Crippen MR) is 314 cm³/mol. The maximum Gasteiger partial charge on any atom is 0.120 e. The third-order valence-electron chi connectivity index (χ3n) is 14.4. The topological polar surface area (TPSA) is 29.9 Å². The van der Waals surface area contributed by atoms with Gasteiger partial charge in [-0.25, -0.2) is 0 Å². The molecule has 12 aromatic carbocycles. The number of methoxy groups -OCH3 is 2. The van der Waals surface area contributed by atoms with Crippen LogP contribution in [-0.4, -0.2) is 18.8 Å². The molecule has 0 spiro atoms. The van der Waals surface area contributed by atoms with E-state index in [2.05, 4.69) is 275 Å². The van der Waals surface area contributed by atoms with Gasteiger partial charge in [-0.3, -0.25) is 0 Å². The van der Waals surface area contributed by atoms with E-state index in [1.165, 1.54) is 10.8 Å². The number of para-hydroxylation sites is 1. The van der Waals surface area contributed by atoms with Crippen molar-refractivity contribution in [2.24, 2.45) is 0 Å². The van der Waals surface area contributed by atoms with Gasteiger partial charge in [0.2, 0.25) is 0 Å². The molecule has 0 unspecified atom stereocenters. The van der Waals surface area contributed by atoms with Crippen molar-refractivity contribution in [3.05, 3.63) is 273 Å². The molecule has 0 saturated heterocycles. The van der Waals surface area contributed by atoms with Gasteiger partial charge < -0.3 is 23.8 Å². The zero-order valence-electron chi connectivity index (χ0n) is 41.6. The zero-order valence-corrected chi connectivity index (χ0v) is 41.6. The van der Waals surface area contributed by atoms with Crippen molar-refractivity contribution in [3.8, 4) is 61.7 Å². The fraction of sp³-hybridized carbons (Fsp3) is 0.0286. The van der Waals surface area contributed by atoms with Gasteiger partial charge in [-0.2, -0.15) is 0 Å². The van der Waals surface area contributed by atoms with E-state index in [1.807, 2.05) is 12.1 Å². The highest BCUT2D eigenvalue weighted by molar-refractivity contribution is 6.29. The largest absolute Gasteiger partial charge is 0.497 e. The van der Waals surface area contributed by atoms with E-state index >= 15 is 0 Å². The summed E-state index contributed by atoms with van der Waals surface area (Å²) in [5, 5.41) is 4.59. The summed E-state index contributed by atoms with van der Waals surface area (Å²) in [4.78, 5) is 4.81. The molecule has 358 valence electrons. The van der Waals surface area contributed by atoms with Gasteiger partial charge in [0.25, 0.3) is 0 Å². The number of rotatable bonds is 13. The fourth-order valence-corrected chi connectivity index (χ4v) is 11.0. The van der Waals surface area contributed by atoms with Crippen molar-refractivity contribution in [3.63, 3.8) is 0 Å². The molecular formula is C70H51N3O2. The van der Waals surface area contributed by atoms with Gasteiger partial charge in [-0.15, -0.1) is 0 Å². The minimum Gasteiger partial charge on any atom is -0.497 e. The van der Waals surface area contributed by atoms with E-state index < -0.39 is 0 Å². The monoisotopic (exact) mass is 965 g/mol. The van der Waals surface area contributed by atoms with Crippen molar-refractivity contribution in [1.29, 1.82) is 0 Å². The van der Waals surface area contributed by atoms with E-state index in [9.17, 15) is 0 Å². The highest BCUT2D eigenvalue weighted by atomic mass is 16.5. The molecule has 0 bridgehead atoms. The van der Waals surface area contributed by atoms with E-state index in [0.29, 0.717) is 0 Å². The molecule has 1 aromatic heterocycles. The summed E-state index contributed by atoms with van der Waals surface area (Å²) in [6.45, 7) is 0. The number of hydrogen-bond donors (Lipinski definition) is 0. The maximum atomic E-state index is 5.94. The Bertz CT molecular complexity index is 3770. The van der Waals surface area contributed by atoms with Crippen LogP contribution in [0, 0.1) is 0 Å². The molecule has 13 aromatic rings. The van der Waals surface area contributed by atoms with Crippen LogP contribution in [0.1, 0.15) is 0 Å². The molecule has 0 saturated carbocycles. The first-order valence-corrected chi connectivity index (χ1v) is 25.4. The Morgan fingerprint density at radius 1 is 0.280 bits per heavy atom. The second kappa shape index (κ2) is 19.3. The minimum absolute atomic E-state index is 0.780. The summed E-state index contributed by atoms with van der Waals surface area (Å²) in [6.07, 6.45) is 0. The number of nitrogens with zero attached hydrogens (tertiary/aromatic N) is 3. The lowest BCUT2D eigenvalue weighted by Gasteiger charge is -2.29. The zero-order chi connectivity index (χ0) is 50.2. The van der Waals surface area contributed by atoms with Crippen LogP contribution in [-0.2, 0) is 0 Å². The Hall–Kier alpha value is -9.84. The summed E-state index contributed by atoms with van der Waals surface area (Å²) in [6, 6.07) is 98.0. The van der Waals surface area contributed by atoms with Gasteiger partial charge in [-0.1, -0.05) is 164 Å². The van der Waals surface area contributed by atoms with Crippen LogP contribution in [0.5, 0.6) is 11.5 Å². The number of ether oxygens (including phenoxy) is 2. The average molecular weight is 966 g/mol. The van der Waals surface area contributed by atoms with Crippen molar-refractivity contribution in [2.45, 2.75) is 0 Å². The number of anilines is 6. The fourth-order valence-electron chi connectivity index (χ4n) is 11.0. The van der Waals surface area contributed by atoms with Gasteiger partial charge >= 0.3 is 0 Å². The van der Waals surface area contributed by atoms with Gasteiger partial charge in [-0.05, 0) is 142 Å². The molecule has 13 rings (SSSR count). The van der Waals surface area contributed by atoms with Crippen LogP contribution >= 0.6 is 0 Å². The van der Waals surface area contributed by atoms with Gasteiger partial charge in [0.05, 0.1) is 36.6 Å². The molecule has 5 nitrogen and oxygen atoms in total. The van der Waals surface area contributed by atoms with Crippen molar-refractivity contribution in [2.75, 3.05) is 24.0 Å². The van der Waals surface area contributed by atoms with E-state index in [1.54, 1.807) is 14.2 Å². The second-order valence-corrected chi connectivity index (χ2v) is 18.9. The molecule has 0 amide bonds. The van der Waals surface area contributed by atoms with Gasteiger partial charge in [0.1, 0.15) is 11.5 Å². The molecule has 0 aliphatic heterocycles. The molecule has 0 atom stereocenters. The van der Waals surface area contributed by atoms with Crippen LogP contribution in [0.15, 0.2) is 273 Å². The summed E-state index contributed by atoms with van der Waals surface area (Å²) in [7, 11) is 3.47. The number of hydrogen-bond acceptors (Lipinski definition) is 4. The lowest BCUT2D eigenvalue weighted by Crippen LogP contribution is -2.12. The number of aromatic nitrogens is 1. The maximum absolute atomic E-state index is 5.94. The van der Waals surface area contributed by atoms with Gasteiger partial charge in [0.15, 0.2) is 0 Å². The molecule has 1 heterocycles. The van der Waals surface area contributed by atoms with Crippen LogP contribution in [0.3, 0.4) is 0 Å². The lowest BCUT2D eigenvalue weighted by atomic mass is 9.95. The van der Waals surface area contributed by atoms with E-state index in [4.69, 9.17) is 9.47 Å². The summed E-state index contributed by atoms with van der Waals surface area (Å²) in [5.74, 6) is 1.56. The van der Waals surface area contributed by atoms with E-state index in [0.717, 1.165) is 118 Å². The lowest BCUT2D eigenvalue weighted by molar-refractivity contribution is 0.415. The van der Waals surface area contributed by atoms with Crippen LogP contribution in [0.25, 0.3) is 82.8 Å².